The third-order valence-electron chi connectivity index (χ3n) is 3.92. The van der Waals surface area contributed by atoms with Gasteiger partial charge in [-0.1, -0.05) is 24.3 Å². The molecule has 0 bridgehead atoms. The minimum atomic E-state index is -3.58. The molecule has 3 rings (SSSR count). The van der Waals surface area contributed by atoms with Gasteiger partial charge >= 0.3 is 0 Å². The molecule has 5 heteroatoms. The number of aliphatic hydroxyl groups excluding tert-OH is 1. The third-order valence-corrected chi connectivity index (χ3v) is 5.73. The van der Waals surface area contributed by atoms with Gasteiger partial charge in [-0.15, -0.1) is 0 Å². The molecule has 1 aliphatic heterocycles. The fourth-order valence-electron chi connectivity index (χ4n) is 2.66. The van der Waals surface area contributed by atoms with Gasteiger partial charge in [0.2, 0.25) is 0 Å². The Morgan fingerprint density at radius 2 is 1.95 bits per heavy atom. The normalized spacial score (nSPS) is 14.3. The SMILES string of the molecule is Cc1ccc(S(=O)(=O)N2CCc3ccccc32)cc1CO. The van der Waals surface area contributed by atoms with Crippen LogP contribution in [0.4, 0.5) is 5.69 Å². The number of sulfonamides is 1. The zero-order chi connectivity index (χ0) is 15.0. The van der Waals surface area contributed by atoms with Crippen molar-refractivity contribution < 1.29 is 13.5 Å². The van der Waals surface area contributed by atoms with Crippen LogP contribution in [0.5, 0.6) is 0 Å². The van der Waals surface area contributed by atoms with Gasteiger partial charge < -0.3 is 5.11 Å². The second-order valence-electron chi connectivity index (χ2n) is 5.20. The highest BCUT2D eigenvalue weighted by Gasteiger charge is 2.30. The predicted molar refractivity (Wildman–Crippen MR) is 81.8 cm³/mol. The van der Waals surface area contributed by atoms with Crippen LogP contribution in [0.2, 0.25) is 0 Å². The van der Waals surface area contributed by atoms with E-state index in [4.69, 9.17) is 0 Å². The van der Waals surface area contributed by atoms with Crippen LogP contribution in [-0.4, -0.2) is 20.1 Å². The molecule has 0 aromatic heterocycles. The van der Waals surface area contributed by atoms with Crippen molar-refractivity contribution >= 4 is 15.7 Å². The van der Waals surface area contributed by atoms with Gasteiger partial charge in [0.25, 0.3) is 10.0 Å². The minimum Gasteiger partial charge on any atom is -0.392 e. The first kappa shape index (κ1) is 14.1. The van der Waals surface area contributed by atoms with Crippen LogP contribution in [-0.2, 0) is 23.1 Å². The standard InChI is InChI=1S/C16H17NO3S/c1-12-6-7-15(10-14(12)11-18)21(19,20)17-9-8-13-4-2-3-5-16(13)17/h2-7,10,18H,8-9,11H2,1H3. The lowest BCUT2D eigenvalue weighted by atomic mass is 10.1. The molecule has 0 fully saturated rings. The quantitative estimate of drug-likeness (QED) is 0.946. The topological polar surface area (TPSA) is 57.6 Å². The molecular weight excluding hydrogens is 286 g/mol. The van der Waals surface area contributed by atoms with Crippen molar-refractivity contribution in [3.8, 4) is 0 Å². The number of hydrogen-bond donors (Lipinski definition) is 1. The summed E-state index contributed by atoms with van der Waals surface area (Å²) >= 11 is 0. The monoisotopic (exact) mass is 303 g/mol. The van der Waals surface area contributed by atoms with Gasteiger partial charge in [-0.3, -0.25) is 4.31 Å². The molecule has 0 saturated carbocycles. The average molecular weight is 303 g/mol. The molecule has 1 N–H and O–H groups in total. The fraction of sp³-hybridized carbons (Fsp3) is 0.250. The number of aliphatic hydroxyl groups is 1. The molecule has 0 saturated heterocycles. The van der Waals surface area contributed by atoms with Crippen LogP contribution < -0.4 is 4.31 Å². The second kappa shape index (κ2) is 5.16. The zero-order valence-corrected chi connectivity index (χ0v) is 12.6. The van der Waals surface area contributed by atoms with Crippen molar-refractivity contribution in [3.05, 3.63) is 59.2 Å². The van der Waals surface area contributed by atoms with Gasteiger partial charge in [0.1, 0.15) is 0 Å². The minimum absolute atomic E-state index is 0.161. The third kappa shape index (κ3) is 2.32. The maximum atomic E-state index is 12.8. The van der Waals surface area contributed by atoms with Gasteiger partial charge in [-0.2, -0.15) is 0 Å². The Bertz CT molecular complexity index is 784. The summed E-state index contributed by atoms with van der Waals surface area (Å²) in [5, 5.41) is 9.32. The van der Waals surface area contributed by atoms with Crippen LogP contribution in [0, 0.1) is 6.92 Å². The van der Waals surface area contributed by atoms with Crippen LogP contribution in [0.3, 0.4) is 0 Å². The van der Waals surface area contributed by atoms with Gasteiger partial charge in [0, 0.05) is 6.54 Å². The molecule has 0 spiro atoms. The second-order valence-corrected chi connectivity index (χ2v) is 7.06. The lowest BCUT2D eigenvalue weighted by Crippen LogP contribution is -2.29. The Balaban J connectivity index is 2.06. The zero-order valence-electron chi connectivity index (χ0n) is 11.8. The van der Waals surface area contributed by atoms with E-state index in [0.717, 1.165) is 23.2 Å². The molecule has 4 nitrogen and oxygen atoms in total. The summed E-state index contributed by atoms with van der Waals surface area (Å²) in [5.74, 6) is 0. The first-order chi connectivity index (χ1) is 10.0. The van der Waals surface area contributed by atoms with Gasteiger partial charge in [-0.05, 0) is 48.2 Å². The highest BCUT2D eigenvalue weighted by atomic mass is 32.2. The fourth-order valence-corrected chi connectivity index (χ4v) is 4.22. The van der Waals surface area contributed by atoms with Crippen molar-refractivity contribution in [2.24, 2.45) is 0 Å². The number of fused-ring (bicyclic) bond motifs is 1. The van der Waals surface area contributed by atoms with E-state index in [1.807, 2.05) is 31.2 Å². The van der Waals surface area contributed by atoms with Crippen LogP contribution in [0.25, 0.3) is 0 Å². The molecule has 2 aromatic carbocycles. The first-order valence-electron chi connectivity index (χ1n) is 6.85. The van der Waals surface area contributed by atoms with E-state index in [2.05, 4.69) is 0 Å². The number of benzene rings is 2. The molecule has 110 valence electrons. The Kier molecular flexibility index (Phi) is 3.47. The van der Waals surface area contributed by atoms with Gasteiger partial charge in [0.15, 0.2) is 0 Å². The molecule has 1 aliphatic rings. The van der Waals surface area contributed by atoms with Crippen LogP contribution in [0.1, 0.15) is 16.7 Å². The molecule has 0 unspecified atom stereocenters. The number of anilines is 1. The van der Waals surface area contributed by atoms with E-state index in [9.17, 15) is 13.5 Å². The molecule has 0 aliphatic carbocycles. The van der Waals surface area contributed by atoms with E-state index in [1.165, 1.54) is 4.31 Å². The van der Waals surface area contributed by atoms with Crippen molar-refractivity contribution in [1.29, 1.82) is 0 Å². The summed E-state index contributed by atoms with van der Waals surface area (Å²) in [6.07, 6.45) is 0.730. The van der Waals surface area contributed by atoms with Crippen molar-refractivity contribution in [1.82, 2.24) is 0 Å². The number of aryl methyl sites for hydroxylation is 1. The summed E-state index contributed by atoms with van der Waals surface area (Å²) in [5.41, 5.74) is 3.33. The average Bonchev–Trinajstić information content (AvgIpc) is 2.92. The van der Waals surface area contributed by atoms with Crippen molar-refractivity contribution in [3.63, 3.8) is 0 Å². The summed E-state index contributed by atoms with van der Waals surface area (Å²) in [7, 11) is -3.58. The van der Waals surface area contributed by atoms with Gasteiger partial charge in [-0.25, -0.2) is 8.42 Å². The van der Waals surface area contributed by atoms with Crippen molar-refractivity contribution in [2.75, 3.05) is 10.8 Å². The lowest BCUT2D eigenvalue weighted by Gasteiger charge is -2.20. The Hall–Kier alpha value is -1.85. The highest BCUT2D eigenvalue weighted by molar-refractivity contribution is 7.92. The largest absolute Gasteiger partial charge is 0.392 e. The molecule has 0 amide bonds. The molecular formula is C16H17NO3S. The summed E-state index contributed by atoms with van der Waals surface area (Å²) in [6, 6.07) is 12.5. The Morgan fingerprint density at radius 3 is 2.71 bits per heavy atom. The van der Waals surface area contributed by atoms with Gasteiger partial charge in [0.05, 0.1) is 17.2 Å². The molecule has 21 heavy (non-hydrogen) atoms. The molecule has 0 atom stereocenters. The van der Waals surface area contributed by atoms with E-state index < -0.39 is 10.0 Å². The highest BCUT2D eigenvalue weighted by Crippen LogP contribution is 2.33. The molecule has 2 aromatic rings. The Labute approximate surface area is 124 Å². The van der Waals surface area contributed by atoms with E-state index >= 15 is 0 Å². The lowest BCUT2D eigenvalue weighted by molar-refractivity contribution is 0.280. The van der Waals surface area contributed by atoms with E-state index in [1.54, 1.807) is 18.2 Å². The maximum absolute atomic E-state index is 12.8. The summed E-state index contributed by atoms with van der Waals surface area (Å²) in [4.78, 5) is 0.230. The number of para-hydroxylation sites is 1. The van der Waals surface area contributed by atoms with Crippen LogP contribution in [0.15, 0.2) is 47.4 Å². The molecule has 1 heterocycles. The molecule has 0 radical (unpaired) electrons. The van der Waals surface area contributed by atoms with Crippen LogP contribution >= 0.6 is 0 Å². The van der Waals surface area contributed by atoms with E-state index in [-0.39, 0.29) is 11.5 Å². The van der Waals surface area contributed by atoms with Crippen molar-refractivity contribution in [2.45, 2.75) is 24.8 Å². The number of hydrogen-bond acceptors (Lipinski definition) is 3. The number of rotatable bonds is 3. The number of nitrogens with zero attached hydrogens (tertiary/aromatic N) is 1. The Morgan fingerprint density at radius 1 is 1.19 bits per heavy atom. The summed E-state index contributed by atoms with van der Waals surface area (Å²) in [6.45, 7) is 2.16. The van der Waals surface area contributed by atoms with E-state index in [0.29, 0.717) is 12.1 Å². The predicted octanol–water partition coefficient (Wildman–Crippen LogP) is 2.24. The smallest absolute Gasteiger partial charge is 0.264 e. The maximum Gasteiger partial charge on any atom is 0.264 e. The summed E-state index contributed by atoms with van der Waals surface area (Å²) < 4.78 is 27.1. The first-order valence-corrected chi connectivity index (χ1v) is 8.29.